The van der Waals surface area contributed by atoms with E-state index in [0.717, 1.165) is 35.5 Å². The molecule has 0 spiro atoms. The van der Waals surface area contributed by atoms with Gasteiger partial charge in [-0.3, -0.25) is 9.20 Å². The Balaban J connectivity index is 1.35. The lowest BCUT2D eigenvalue weighted by Crippen LogP contribution is -2.25. The smallest absolute Gasteiger partial charge is 0.271 e. The van der Waals surface area contributed by atoms with E-state index in [0.29, 0.717) is 12.2 Å². The minimum Gasteiger partial charge on any atom is -0.351 e. The highest BCUT2D eigenvalue weighted by atomic mass is 16.1. The molecule has 0 fully saturated rings. The van der Waals surface area contributed by atoms with Crippen LogP contribution in [-0.2, 0) is 6.42 Å². The lowest BCUT2D eigenvalue weighted by atomic mass is 10.3. The molecule has 0 radical (unpaired) electrons. The van der Waals surface area contributed by atoms with Crippen LogP contribution >= 0.6 is 0 Å². The van der Waals surface area contributed by atoms with Crippen LogP contribution in [0.2, 0.25) is 0 Å². The van der Waals surface area contributed by atoms with Crippen LogP contribution in [0.3, 0.4) is 0 Å². The molecule has 0 saturated heterocycles. The van der Waals surface area contributed by atoms with Gasteiger partial charge in [-0.15, -0.1) is 10.2 Å². The van der Waals surface area contributed by atoms with Gasteiger partial charge in [-0.2, -0.15) is 0 Å². The molecule has 1 amide bonds. The van der Waals surface area contributed by atoms with Gasteiger partial charge in [0.2, 0.25) is 0 Å². The maximum absolute atomic E-state index is 12.3. The molecule has 1 N–H and O–H groups in total. The number of nitrogens with zero attached hydrogens (tertiary/aromatic N) is 5. The van der Waals surface area contributed by atoms with Gasteiger partial charge < -0.3 is 9.72 Å². The third-order valence-corrected chi connectivity index (χ3v) is 4.08. The highest BCUT2D eigenvalue weighted by Crippen LogP contribution is 2.08. The Morgan fingerprint density at radius 1 is 1.12 bits per heavy atom. The Kier molecular flexibility index (Phi) is 3.89. The van der Waals surface area contributed by atoms with Crippen LogP contribution < -0.4 is 5.32 Å². The maximum atomic E-state index is 12.3. The van der Waals surface area contributed by atoms with Gasteiger partial charge in [-0.25, -0.2) is 4.98 Å². The Hall–Kier alpha value is -3.22. The zero-order valence-electron chi connectivity index (χ0n) is 13.9. The molecule has 0 saturated carbocycles. The molecule has 25 heavy (non-hydrogen) atoms. The highest BCUT2D eigenvalue weighted by Gasteiger charge is 2.10. The largest absolute Gasteiger partial charge is 0.351 e. The Labute approximate surface area is 144 Å². The number of amides is 1. The number of fused-ring (bicyclic) bond motifs is 2. The molecule has 0 atom stereocenters. The van der Waals surface area contributed by atoms with Crippen LogP contribution in [0.4, 0.5) is 0 Å². The van der Waals surface area contributed by atoms with Gasteiger partial charge in [0.05, 0.1) is 0 Å². The van der Waals surface area contributed by atoms with Crippen molar-refractivity contribution in [2.24, 2.45) is 0 Å². The molecule has 7 nitrogen and oxygen atoms in total. The first kappa shape index (κ1) is 15.3. The van der Waals surface area contributed by atoms with Crippen molar-refractivity contribution in [1.29, 1.82) is 0 Å². The van der Waals surface area contributed by atoms with Gasteiger partial charge in [0.1, 0.15) is 17.2 Å². The quantitative estimate of drug-likeness (QED) is 0.567. The Morgan fingerprint density at radius 3 is 2.96 bits per heavy atom. The van der Waals surface area contributed by atoms with Gasteiger partial charge in [0.25, 0.3) is 5.91 Å². The van der Waals surface area contributed by atoms with E-state index in [1.54, 1.807) is 6.20 Å². The molecule has 4 rings (SSSR count). The first-order valence-corrected chi connectivity index (χ1v) is 8.23. The summed E-state index contributed by atoms with van der Waals surface area (Å²) in [6.07, 6.45) is 7.19. The number of imidazole rings is 1. The lowest BCUT2D eigenvalue weighted by Gasteiger charge is -2.02. The SMILES string of the molecule is Cc1ccc2nc(C(=O)NCCCc3nnc4ccccn34)cn2c1. The molecular formula is C18H18N6O. The lowest BCUT2D eigenvalue weighted by molar-refractivity contribution is 0.0949. The standard InChI is InChI=1S/C18H18N6O/c1-13-7-8-15-20-14(12-23(15)11-13)18(25)19-9-4-6-17-22-21-16-5-2-3-10-24(16)17/h2-3,5,7-8,10-12H,4,6,9H2,1H3,(H,19,25). The maximum Gasteiger partial charge on any atom is 0.271 e. The molecule has 0 bridgehead atoms. The van der Waals surface area contributed by atoms with E-state index >= 15 is 0 Å². The molecule has 4 heterocycles. The molecule has 0 aliphatic rings. The van der Waals surface area contributed by atoms with Crippen molar-refractivity contribution in [1.82, 2.24) is 29.3 Å². The number of rotatable bonds is 5. The van der Waals surface area contributed by atoms with E-state index in [2.05, 4.69) is 20.5 Å². The molecule has 7 heteroatoms. The summed E-state index contributed by atoms with van der Waals surface area (Å²) in [7, 11) is 0. The van der Waals surface area contributed by atoms with Gasteiger partial charge in [-0.1, -0.05) is 12.1 Å². The number of hydrogen-bond donors (Lipinski definition) is 1. The van der Waals surface area contributed by atoms with Gasteiger partial charge >= 0.3 is 0 Å². The minimum absolute atomic E-state index is 0.160. The average molecular weight is 334 g/mol. The highest BCUT2D eigenvalue weighted by molar-refractivity contribution is 5.92. The molecule has 0 aromatic carbocycles. The zero-order valence-corrected chi connectivity index (χ0v) is 13.9. The molecule has 4 aromatic rings. The second-order valence-electron chi connectivity index (χ2n) is 6.00. The third-order valence-electron chi connectivity index (χ3n) is 4.08. The van der Waals surface area contributed by atoms with Crippen LogP contribution in [-0.4, -0.2) is 36.4 Å². The van der Waals surface area contributed by atoms with Crippen molar-refractivity contribution in [3.63, 3.8) is 0 Å². The van der Waals surface area contributed by atoms with Crippen LogP contribution in [0, 0.1) is 6.92 Å². The monoisotopic (exact) mass is 334 g/mol. The summed E-state index contributed by atoms with van der Waals surface area (Å²) in [5.41, 5.74) is 3.16. The number of hydrogen-bond acceptors (Lipinski definition) is 4. The fourth-order valence-corrected chi connectivity index (χ4v) is 2.81. The van der Waals surface area contributed by atoms with Crippen molar-refractivity contribution in [2.75, 3.05) is 6.54 Å². The predicted molar refractivity (Wildman–Crippen MR) is 93.6 cm³/mol. The second-order valence-corrected chi connectivity index (χ2v) is 6.00. The summed E-state index contributed by atoms with van der Waals surface area (Å²) in [6.45, 7) is 2.57. The molecule has 0 unspecified atom stereocenters. The van der Waals surface area contributed by atoms with Crippen molar-refractivity contribution < 1.29 is 4.79 Å². The van der Waals surface area contributed by atoms with E-state index in [1.807, 2.05) is 58.5 Å². The fourth-order valence-electron chi connectivity index (χ4n) is 2.81. The fraction of sp³-hybridized carbons (Fsp3) is 0.222. The van der Waals surface area contributed by atoms with Gasteiger partial charge in [0, 0.05) is 31.6 Å². The number of nitrogens with one attached hydrogen (secondary N) is 1. The summed E-state index contributed by atoms with van der Waals surface area (Å²) < 4.78 is 3.83. The zero-order chi connectivity index (χ0) is 17.2. The van der Waals surface area contributed by atoms with E-state index < -0.39 is 0 Å². The van der Waals surface area contributed by atoms with Crippen molar-refractivity contribution in [3.05, 3.63) is 66.0 Å². The first-order chi connectivity index (χ1) is 12.2. The summed E-state index contributed by atoms with van der Waals surface area (Å²) in [4.78, 5) is 16.6. The first-order valence-electron chi connectivity index (χ1n) is 8.23. The Bertz CT molecular complexity index is 1050. The van der Waals surface area contributed by atoms with E-state index in [4.69, 9.17) is 0 Å². The topological polar surface area (TPSA) is 76.6 Å². The number of pyridine rings is 2. The minimum atomic E-state index is -0.160. The van der Waals surface area contributed by atoms with E-state index in [-0.39, 0.29) is 5.91 Å². The van der Waals surface area contributed by atoms with Gasteiger partial charge in [0.15, 0.2) is 5.65 Å². The average Bonchev–Trinajstić information content (AvgIpc) is 3.22. The van der Waals surface area contributed by atoms with Crippen molar-refractivity contribution in [3.8, 4) is 0 Å². The summed E-state index contributed by atoms with van der Waals surface area (Å²) in [5.74, 6) is 0.737. The summed E-state index contributed by atoms with van der Waals surface area (Å²) in [5, 5.41) is 11.2. The van der Waals surface area contributed by atoms with E-state index in [1.165, 1.54) is 0 Å². The molecule has 0 aliphatic carbocycles. The van der Waals surface area contributed by atoms with Crippen LogP contribution in [0.15, 0.2) is 48.9 Å². The molecular weight excluding hydrogens is 316 g/mol. The van der Waals surface area contributed by atoms with Crippen LogP contribution in [0.5, 0.6) is 0 Å². The van der Waals surface area contributed by atoms with Gasteiger partial charge in [-0.05, 0) is 37.1 Å². The number of aryl methyl sites for hydroxylation is 2. The van der Waals surface area contributed by atoms with Crippen LogP contribution in [0.25, 0.3) is 11.3 Å². The normalized spacial score (nSPS) is 11.2. The summed E-state index contributed by atoms with van der Waals surface area (Å²) in [6, 6.07) is 9.69. The number of carbonyl (C=O) groups is 1. The number of carbonyl (C=O) groups excluding carboxylic acids is 1. The summed E-state index contributed by atoms with van der Waals surface area (Å²) >= 11 is 0. The molecule has 126 valence electrons. The number of aromatic nitrogens is 5. The Morgan fingerprint density at radius 2 is 2.04 bits per heavy atom. The van der Waals surface area contributed by atoms with E-state index in [9.17, 15) is 4.79 Å². The van der Waals surface area contributed by atoms with Crippen molar-refractivity contribution >= 4 is 17.2 Å². The third kappa shape index (κ3) is 3.08. The second kappa shape index (κ2) is 6.35. The molecule has 4 aromatic heterocycles. The van der Waals surface area contributed by atoms with Crippen LogP contribution in [0.1, 0.15) is 28.3 Å². The molecule has 0 aliphatic heterocycles. The predicted octanol–water partition coefficient (Wildman–Crippen LogP) is 2.05. The van der Waals surface area contributed by atoms with Crippen molar-refractivity contribution in [2.45, 2.75) is 19.8 Å².